The number of amides is 1. The van der Waals surface area contributed by atoms with E-state index in [-0.39, 0.29) is 24.0 Å². The van der Waals surface area contributed by atoms with Gasteiger partial charge in [0.1, 0.15) is 16.7 Å². The topological polar surface area (TPSA) is 81.9 Å². The minimum atomic E-state index is -1.43. The Morgan fingerprint density at radius 3 is 2.60 bits per heavy atom. The molecule has 3 aromatic carbocycles. The Bertz CT molecular complexity index is 1260. The number of nitrogens with two attached hydrogens (primary N) is 1. The number of esters is 1. The van der Waals surface area contributed by atoms with Crippen LogP contribution in [0.15, 0.2) is 72.1 Å². The Kier molecular flexibility index (Phi) is 3.86. The summed E-state index contributed by atoms with van der Waals surface area (Å²) in [7, 11) is 1.70. The second kappa shape index (κ2) is 6.35. The van der Waals surface area contributed by atoms with Crippen LogP contribution in [-0.2, 0) is 19.7 Å². The molecular weight excluding hydrogens is 380 g/mol. The van der Waals surface area contributed by atoms with E-state index in [0.717, 1.165) is 16.5 Å². The second-order valence-corrected chi connectivity index (χ2v) is 7.36. The quantitative estimate of drug-likeness (QED) is 0.668. The maximum atomic E-state index is 13.9. The van der Waals surface area contributed by atoms with Gasteiger partial charge in [0.2, 0.25) is 11.8 Å². The SMILES string of the molecule is CCOC(=O)C1=C(N)Oc2c(ccc3ccccc23)C12C(=O)N(C)c1ccccc12. The van der Waals surface area contributed by atoms with E-state index >= 15 is 0 Å². The van der Waals surface area contributed by atoms with Gasteiger partial charge in [0.15, 0.2) is 0 Å². The van der Waals surface area contributed by atoms with E-state index < -0.39 is 11.4 Å². The van der Waals surface area contributed by atoms with E-state index in [1.54, 1.807) is 18.9 Å². The molecule has 3 aromatic rings. The van der Waals surface area contributed by atoms with Gasteiger partial charge in [-0.3, -0.25) is 4.79 Å². The van der Waals surface area contributed by atoms with E-state index in [0.29, 0.717) is 16.9 Å². The molecule has 1 atom stereocenters. The zero-order chi connectivity index (χ0) is 21.0. The first-order valence-electron chi connectivity index (χ1n) is 9.76. The van der Waals surface area contributed by atoms with Crippen LogP contribution in [0, 0.1) is 0 Å². The molecule has 0 saturated heterocycles. The van der Waals surface area contributed by atoms with Crippen LogP contribution in [0.25, 0.3) is 10.8 Å². The molecule has 0 aliphatic carbocycles. The van der Waals surface area contributed by atoms with E-state index in [1.165, 1.54) is 0 Å². The van der Waals surface area contributed by atoms with Gasteiger partial charge in [-0.1, -0.05) is 54.6 Å². The molecule has 6 nitrogen and oxygen atoms in total. The maximum Gasteiger partial charge on any atom is 0.341 e. The molecule has 2 heterocycles. The van der Waals surface area contributed by atoms with Crippen LogP contribution in [0.1, 0.15) is 18.1 Å². The molecule has 0 fully saturated rings. The number of hydrogen-bond donors (Lipinski definition) is 1. The van der Waals surface area contributed by atoms with Crippen molar-refractivity contribution in [3.63, 3.8) is 0 Å². The van der Waals surface area contributed by atoms with Gasteiger partial charge in [0.25, 0.3) is 0 Å². The second-order valence-electron chi connectivity index (χ2n) is 7.36. The van der Waals surface area contributed by atoms with Gasteiger partial charge in [-0.25, -0.2) is 4.79 Å². The summed E-state index contributed by atoms with van der Waals surface area (Å²) in [5.74, 6) is -0.561. The third-order valence-corrected chi connectivity index (χ3v) is 5.89. The average molecular weight is 400 g/mol. The van der Waals surface area contributed by atoms with E-state index in [9.17, 15) is 9.59 Å². The molecule has 0 saturated carbocycles. The van der Waals surface area contributed by atoms with Crippen molar-refractivity contribution in [3.05, 3.63) is 83.2 Å². The molecule has 1 spiro atoms. The van der Waals surface area contributed by atoms with Crippen molar-refractivity contribution in [1.29, 1.82) is 0 Å². The minimum Gasteiger partial charge on any atom is -0.462 e. The summed E-state index contributed by atoms with van der Waals surface area (Å²) in [5, 5.41) is 1.77. The first-order chi connectivity index (χ1) is 14.5. The molecule has 6 heteroatoms. The summed E-state index contributed by atoms with van der Waals surface area (Å²) in [4.78, 5) is 28.5. The van der Waals surface area contributed by atoms with Crippen LogP contribution in [0.4, 0.5) is 5.69 Å². The number of para-hydroxylation sites is 1. The smallest absolute Gasteiger partial charge is 0.341 e. The number of benzene rings is 3. The summed E-state index contributed by atoms with van der Waals surface area (Å²) >= 11 is 0. The van der Waals surface area contributed by atoms with Crippen LogP contribution in [-0.4, -0.2) is 25.5 Å². The van der Waals surface area contributed by atoms with Gasteiger partial charge >= 0.3 is 5.97 Å². The number of rotatable bonds is 2. The molecule has 1 amide bonds. The lowest BCUT2D eigenvalue weighted by Gasteiger charge is -2.36. The van der Waals surface area contributed by atoms with Crippen molar-refractivity contribution < 1.29 is 19.1 Å². The fraction of sp³-hybridized carbons (Fsp3) is 0.167. The number of ether oxygens (including phenoxy) is 2. The van der Waals surface area contributed by atoms with Gasteiger partial charge in [0.05, 0.1) is 6.61 Å². The number of anilines is 1. The molecule has 1 unspecified atom stereocenters. The van der Waals surface area contributed by atoms with Crippen molar-refractivity contribution in [2.24, 2.45) is 5.73 Å². The molecule has 5 rings (SSSR count). The lowest BCUT2D eigenvalue weighted by atomic mass is 9.68. The Balaban J connectivity index is 1.93. The van der Waals surface area contributed by atoms with Crippen molar-refractivity contribution >= 4 is 28.3 Å². The Morgan fingerprint density at radius 2 is 1.80 bits per heavy atom. The fourth-order valence-corrected chi connectivity index (χ4v) is 4.65. The summed E-state index contributed by atoms with van der Waals surface area (Å²) in [6.07, 6.45) is 0. The first kappa shape index (κ1) is 18.2. The summed E-state index contributed by atoms with van der Waals surface area (Å²) in [6, 6.07) is 18.9. The number of likely N-dealkylation sites (N-methyl/N-ethyl adjacent to an activating group) is 1. The number of hydrogen-bond acceptors (Lipinski definition) is 5. The van der Waals surface area contributed by atoms with Gasteiger partial charge < -0.3 is 20.1 Å². The van der Waals surface area contributed by atoms with Crippen LogP contribution in [0.2, 0.25) is 0 Å². The Hall–Kier alpha value is -3.80. The van der Waals surface area contributed by atoms with Crippen molar-refractivity contribution in [2.45, 2.75) is 12.3 Å². The lowest BCUT2D eigenvalue weighted by Crippen LogP contribution is -2.47. The predicted molar refractivity (Wildman–Crippen MR) is 113 cm³/mol. The third kappa shape index (κ3) is 2.13. The predicted octanol–water partition coefficient (Wildman–Crippen LogP) is 3.23. The molecule has 0 radical (unpaired) electrons. The van der Waals surface area contributed by atoms with Crippen LogP contribution in [0.5, 0.6) is 5.75 Å². The largest absolute Gasteiger partial charge is 0.462 e. The van der Waals surface area contributed by atoms with Crippen LogP contribution < -0.4 is 15.4 Å². The Morgan fingerprint density at radius 1 is 1.07 bits per heavy atom. The van der Waals surface area contributed by atoms with E-state index in [2.05, 4.69) is 0 Å². The van der Waals surface area contributed by atoms with E-state index in [1.807, 2.05) is 60.7 Å². The summed E-state index contributed by atoms with van der Waals surface area (Å²) < 4.78 is 11.3. The van der Waals surface area contributed by atoms with Gasteiger partial charge in [-0.2, -0.15) is 0 Å². The first-order valence-corrected chi connectivity index (χ1v) is 9.76. The van der Waals surface area contributed by atoms with Crippen molar-refractivity contribution in [2.75, 3.05) is 18.6 Å². The normalized spacial score (nSPS) is 19.7. The maximum absolute atomic E-state index is 13.9. The molecule has 0 aromatic heterocycles. The molecular formula is C24H20N2O4. The molecule has 2 aliphatic rings. The zero-order valence-corrected chi connectivity index (χ0v) is 16.6. The van der Waals surface area contributed by atoms with Crippen LogP contribution >= 0.6 is 0 Å². The zero-order valence-electron chi connectivity index (χ0n) is 16.6. The van der Waals surface area contributed by atoms with Crippen LogP contribution in [0.3, 0.4) is 0 Å². The molecule has 2 aliphatic heterocycles. The highest BCUT2D eigenvalue weighted by Gasteiger charge is 2.60. The monoisotopic (exact) mass is 400 g/mol. The Labute approximate surface area is 173 Å². The number of carbonyl (C=O) groups is 2. The summed E-state index contributed by atoms with van der Waals surface area (Å²) in [5.41, 5.74) is 6.90. The highest BCUT2D eigenvalue weighted by Crippen LogP contribution is 2.56. The molecule has 150 valence electrons. The average Bonchev–Trinajstić information content (AvgIpc) is 2.97. The molecule has 0 bridgehead atoms. The van der Waals surface area contributed by atoms with Gasteiger partial charge in [-0.15, -0.1) is 0 Å². The number of carbonyl (C=O) groups excluding carboxylic acids is 2. The molecule has 2 N–H and O–H groups in total. The standard InChI is InChI=1S/C24H20N2O4/c1-3-29-22(27)19-21(25)30-20-15-9-5-4-8-14(15)12-13-17(20)24(19)16-10-6-7-11-18(16)26(2)23(24)28/h4-13H,3,25H2,1-2H3. The summed E-state index contributed by atoms with van der Waals surface area (Å²) in [6.45, 7) is 1.87. The number of nitrogens with zero attached hydrogens (tertiary/aromatic N) is 1. The number of fused-ring (bicyclic) bond motifs is 6. The van der Waals surface area contributed by atoms with E-state index in [4.69, 9.17) is 15.2 Å². The third-order valence-electron chi connectivity index (χ3n) is 5.89. The highest BCUT2D eigenvalue weighted by atomic mass is 16.5. The lowest BCUT2D eigenvalue weighted by molar-refractivity contribution is -0.140. The van der Waals surface area contributed by atoms with Gasteiger partial charge in [0, 0.05) is 29.2 Å². The highest BCUT2D eigenvalue weighted by molar-refractivity contribution is 6.19. The minimum absolute atomic E-state index is 0.0222. The van der Waals surface area contributed by atoms with Gasteiger partial charge in [-0.05, 0) is 18.4 Å². The fourth-order valence-electron chi connectivity index (χ4n) is 4.65. The van der Waals surface area contributed by atoms with Crippen molar-refractivity contribution in [1.82, 2.24) is 0 Å². The molecule has 30 heavy (non-hydrogen) atoms. The van der Waals surface area contributed by atoms with Crippen molar-refractivity contribution in [3.8, 4) is 5.75 Å².